The number of pyridine rings is 1. The predicted molar refractivity (Wildman–Crippen MR) is 108 cm³/mol. The quantitative estimate of drug-likeness (QED) is 0.334. The van der Waals surface area contributed by atoms with Gasteiger partial charge in [0.15, 0.2) is 5.82 Å². The van der Waals surface area contributed by atoms with E-state index in [4.69, 9.17) is 0 Å². The van der Waals surface area contributed by atoms with Crippen LogP contribution in [0.15, 0.2) is 57.4 Å². The minimum absolute atomic E-state index is 0.0453. The molecule has 0 unspecified atom stereocenters. The van der Waals surface area contributed by atoms with E-state index in [-0.39, 0.29) is 6.54 Å². The smallest absolute Gasteiger partial charge is 0.272 e. The standard InChI is InChI=1S/C17H22BrN5O3S/c1-3-6-14-7-5-8-16(12-14)23(22(11-4-2)27(24,25)26)21-20-17-10-9-15(18)13-19-17/h5,7-10,12-13H,3-4,6,11H2,1-2H3,(H,24,25,26). The molecule has 0 atom stereocenters. The first-order valence-electron chi connectivity index (χ1n) is 8.52. The van der Waals surface area contributed by atoms with Crippen molar-refractivity contribution in [1.82, 2.24) is 9.40 Å². The van der Waals surface area contributed by atoms with Crippen LogP contribution in [0.4, 0.5) is 11.5 Å². The van der Waals surface area contributed by atoms with Gasteiger partial charge >= 0.3 is 10.3 Å². The number of aryl methyl sites for hydroxylation is 1. The van der Waals surface area contributed by atoms with E-state index in [0.29, 0.717) is 17.9 Å². The maximum Gasteiger partial charge on any atom is 0.354 e. The van der Waals surface area contributed by atoms with E-state index in [1.165, 1.54) is 0 Å². The van der Waals surface area contributed by atoms with Gasteiger partial charge in [-0.1, -0.05) is 36.8 Å². The monoisotopic (exact) mass is 455 g/mol. The second-order valence-corrected chi connectivity index (χ2v) is 7.99. The molecule has 0 radical (unpaired) electrons. The van der Waals surface area contributed by atoms with Crippen LogP contribution in [0.25, 0.3) is 0 Å². The lowest BCUT2D eigenvalue weighted by Gasteiger charge is -2.28. The SMILES string of the molecule is CCCc1cccc(N(N=Nc2ccc(Br)cn2)N(CCC)S(=O)(=O)O)c1. The molecule has 0 fully saturated rings. The number of benzene rings is 1. The first kappa shape index (κ1) is 21.4. The van der Waals surface area contributed by atoms with Crippen LogP contribution < -0.4 is 5.12 Å². The van der Waals surface area contributed by atoms with Gasteiger partial charge in [0, 0.05) is 17.2 Å². The summed E-state index contributed by atoms with van der Waals surface area (Å²) in [5.41, 5.74) is 1.51. The molecule has 1 N–H and O–H groups in total. The van der Waals surface area contributed by atoms with Crippen LogP contribution >= 0.6 is 15.9 Å². The summed E-state index contributed by atoms with van der Waals surface area (Å²) in [6.45, 7) is 3.91. The third-order valence-corrected chi connectivity index (χ3v) is 4.86. The molecule has 27 heavy (non-hydrogen) atoms. The second kappa shape index (κ2) is 9.88. The average molecular weight is 456 g/mol. The van der Waals surface area contributed by atoms with Crippen molar-refractivity contribution in [1.29, 1.82) is 0 Å². The molecule has 0 aliphatic heterocycles. The topological polar surface area (TPSA) is 98.5 Å². The van der Waals surface area contributed by atoms with Gasteiger partial charge in [-0.3, -0.25) is 4.55 Å². The second-order valence-electron chi connectivity index (χ2n) is 5.76. The first-order chi connectivity index (χ1) is 12.8. The Labute approximate surface area is 167 Å². The van der Waals surface area contributed by atoms with Crippen molar-refractivity contribution in [3.05, 3.63) is 52.6 Å². The van der Waals surface area contributed by atoms with Crippen LogP contribution in [0.1, 0.15) is 32.3 Å². The van der Waals surface area contributed by atoms with Gasteiger partial charge in [-0.2, -0.15) is 13.5 Å². The Morgan fingerprint density at radius 1 is 1.19 bits per heavy atom. The summed E-state index contributed by atoms with van der Waals surface area (Å²) in [6, 6.07) is 10.7. The molecule has 1 aromatic heterocycles. The van der Waals surface area contributed by atoms with Gasteiger partial charge in [0.25, 0.3) is 0 Å². The zero-order valence-electron chi connectivity index (χ0n) is 15.2. The first-order valence-corrected chi connectivity index (χ1v) is 10.7. The van der Waals surface area contributed by atoms with Crippen LogP contribution in [-0.2, 0) is 16.7 Å². The van der Waals surface area contributed by atoms with Gasteiger partial charge in [-0.15, -0.1) is 5.11 Å². The van der Waals surface area contributed by atoms with Crippen LogP contribution in [0.5, 0.6) is 0 Å². The summed E-state index contributed by atoms with van der Waals surface area (Å²) in [5, 5.41) is 9.15. The van der Waals surface area contributed by atoms with Crippen LogP contribution in [0, 0.1) is 0 Å². The summed E-state index contributed by atoms with van der Waals surface area (Å²) < 4.78 is 35.1. The van der Waals surface area contributed by atoms with Crippen LogP contribution in [-0.4, -0.2) is 28.9 Å². The zero-order valence-corrected chi connectivity index (χ0v) is 17.6. The molecular formula is C17H22BrN5O3S. The number of anilines is 1. The average Bonchev–Trinajstić information content (AvgIpc) is 2.62. The van der Waals surface area contributed by atoms with E-state index < -0.39 is 10.3 Å². The number of hydrogen-bond donors (Lipinski definition) is 1. The molecule has 2 aromatic rings. The molecule has 2 rings (SSSR count). The number of nitrogens with zero attached hydrogens (tertiary/aromatic N) is 5. The van der Waals surface area contributed by atoms with Gasteiger partial charge in [0.05, 0.1) is 5.69 Å². The maximum absolute atomic E-state index is 11.9. The molecule has 1 aromatic carbocycles. The Kier molecular flexibility index (Phi) is 7.84. The van der Waals surface area contributed by atoms with Gasteiger partial charge in [-0.05, 0) is 63.8 Å². The largest absolute Gasteiger partial charge is 0.354 e. The van der Waals surface area contributed by atoms with Crippen molar-refractivity contribution in [2.75, 3.05) is 11.7 Å². The van der Waals surface area contributed by atoms with Crippen molar-refractivity contribution < 1.29 is 13.0 Å². The Morgan fingerprint density at radius 3 is 2.56 bits per heavy atom. The minimum Gasteiger partial charge on any atom is -0.272 e. The van der Waals surface area contributed by atoms with Crippen molar-refractivity contribution in [2.24, 2.45) is 10.3 Å². The lowest BCUT2D eigenvalue weighted by molar-refractivity contribution is 0.329. The number of rotatable bonds is 9. The highest BCUT2D eigenvalue weighted by Crippen LogP contribution is 2.23. The Morgan fingerprint density at radius 2 is 1.96 bits per heavy atom. The summed E-state index contributed by atoms with van der Waals surface area (Å²) in [7, 11) is -4.53. The summed E-state index contributed by atoms with van der Waals surface area (Å²) in [4.78, 5) is 4.09. The molecule has 8 nitrogen and oxygen atoms in total. The molecule has 0 saturated heterocycles. The van der Waals surface area contributed by atoms with E-state index in [0.717, 1.165) is 32.4 Å². The number of aromatic nitrogens is 1. The number of halogens is 1. The van der Waals surface area contributed by atoms with E-state index in [9.17, 15) is 13.0 Å². The lowest BCUT2D eigenvalue weighted by atomic mass is 10.1. The fourth-order valence-electron chi connectivity index (χ4n) is 2.36. The predicted octanol–water partition coefficient (Wildman–Crippen LogP) is 4.73. The number of hydrazine groups is 1. The molecule has 10 heteroatoms. The van der Waals surface area contributed by atoms with Gasteiger partial charge in [-0.25, -0.2) is 4.98 Å². The molecule has 0 bridgehead atoms. The van der Waals surface area contributed by atoms with Gasteiger partial charge < -0.3 is 0 Å². The van der Waals surface area contributed by atoms with E-state index in [1.807, 2.05) is 18.2 Å². The zero-order chi connectivity index (χ0) is 19.9. The minimum atomic E-state index is -4.53. The molecule has 1 heterocycles. The van der Waals surface area contributed by atoms with Gasteiger partial charge in [0.2, 0.25) is 0 Å². The summed E-state index contributed by atoms with van der Waals surface area (Å²) in [5.74, 6) is 0.305. The van der Waals surface area contributed by atoms with Crippen LogP contribution in [0.3, 0.4) is 0 Å². The van der Waals surface area contributed by atoms with Crippen molar-refractivity contribution in [2.45, 2.75) is 33.1 Å². The van der Waals surface area contributed by atoms with Crippen molar-refractivity contribution in [3.8, 4) is 0 Å². The van der Waals surface area contributed by atoms with Crippen molar-refractivity contribution in [3.63, 3.8) is 0 Å². The van der Waals surface area contributed by atoms with Crippen LogP contribution in [0.2, 0.25) is 0 Å². The fraction of sp³-hybridized carbons (Fsp3) is 0.353. The molecule has 0 aliphatic rings. The lowest BCUT2D eigenvalue weighted by Crippen LogP contribution is -2.43. The summed E-state index contributed by atoms with van der Waals surface area (Å²) in [6.07, 6.45) is 3.83. The van der Waals surface area contributed by atoms with Gasteiger partial charge in [0.1, 0.15) is 0 Å². The highest BCUT2D eigenvalue weighted by molar-refractivity contribution is 9.10. The third kappa shape index (κ3) is 6.35. The molecule has 0 saturated carbocycles. The van der Waals surface area contributed by atoms with Crippen molar-refractivity contribution >= 4 is 37.7 Å². The highest BCUT2D eigenvalue weighted by Gasteiger charge is 2.27. The molecule has 0 amide bonds. The Hall–Kier alpha value is -1.88. The third-order valence-electron chi connectivity index (χ3n) is 3.52. The Bertz CT molecular complexity index is 874. The van der Waals surface area contributed by atoms with E-state index in [1.54, 1.807) is 31.3 Å². The van der Waals surface area contributed by atoms with E-state index in [2.05, 4.69) is 38.2 Å². The normalized spacial score (nSPS) is 12.0. The summed E-state index contributed by atoms with van der Waals surface area (Å²) >= 11 is 3.29. The molecule has 0 aliphatic carbocycles. The molecule has 0 spiro atoms. The fourth-order valence-corrected chi connectivity index (χ4v) is 3.33. The maximum atomic E-state index is 11.9. The number of hydrogen-bond acceptors (Lipinski definition) is 5. The Balaban J connectivity index is 2.46. The van der Waals surface area contributed by atoms with E-state index >= 15 is 0 Å². The molecular weight excluding hydrogens is 434 g/mol. The highest BCUT2D eigenvalue weighted by atomic mass is 79.9. The molecule has 146 valence electrons.